The van der Waals surface area contributed by atoms with E-state index in [1.54, 1.807) is 46.8 Å². The van der Waals surface area contributed by atoms with Gasteiger partial charge in [0.2, 0.25) is 0 Å². The Labute approximate surface area is 231 Å². The van der Waals surface area contributed by atoms with E-state index < -0.39 is 11.3 Å². The first-order valence-corrected chi connectivity index (χ1v) is 13.0. The number of ketones is 1. The van der Waals surface area contributed by atoms with Gasteiger partial charge in [0.25, 0.3) is 11.1 Å². The Morgan fingerprint density at radius 3 is 2.23 bits per heavy atom. The number of carbonyl (C=O) groups is 1. The van der Waals surface area contributed by atoms with Crippen LogP contribution in [-0.4, -0.2) is 24.8 Å². The van der Waals surface area contributed by atoms with Crippen LogP contribution in [0.25, 0.3) is 16.6 Å². The summed E-state index contributed by atoms with van der Waals surface area (Å²) in [6, 6.07) is 25.6. The molecule has 0 unspecified atom stereocenters. The molecule has 0 amide bonds. The van der Waals surface area contributed by atoms with Gasteiger partial charge in [0.05, 0.1) is 22.9 Å². The van der Waals surface area contributed by atoms with Crippen LogP contribution < -0.4 is 16.4 Å². The molecule has 0 aliphatic heterocycles. The molecule has 202 valence electrons. The molecule has 3 aromatic carbocycles. The van der Waals surface area contributed by atoms with Crippen LogP contribution in [0.1, 0.15) is 34.1 Å². The van der Waals surface area contributed by atoms with Crippen LogP contribution in [0.15, 0.2) is 107 Å². The summed E-state index contributed by atoms with van der Waals surface area (Å²) >= 11 is 0. The van der Waals surface area contributed by atoms with Crippen LogP contribution in [0, 0.1) is 6.92 Å². The lowest BCUT2D eigenvalue weighted by atomic mass is 10.0. The number of fused-ring (bicyclic) bond motifs is 1. The maximum absolute atomic E-state index is 13.5. The normalized spacial score (nSPS) is 12.2. The molecule has 5 aromatic rings. The molecule has 0 saturated carbocycles. The molecule has 1 atom stereocenters. The van der Waals surface area contributed by atoms with Crippen molar-refractivity contribution in [3.63, 3.8) is 0 Å². The number of aryl methyl sites for hydroxylation is 1. The third-order valence-electron chi connectivity index (χ3n) is 7.24. The number of rotatable bonds is 8. The lowest BCUT2D eigenvalue weighted by Gasteiger charge is -2.18. The summed E-state index contributed by atoms with van der Waals surface area (Å²) in [5.74, 6) is -0.912. The highest BCUT2D eigenvalue weighted by Gasteiger charge is 2.21. The number of benzene rings is 3. The minimum atomic E-state index is -0.585. The molecule has 0 radical (unpaired) electrons. The zero-order valence-electron chi connectivity index (χ0n) is 22.5. The topological polar surface area (TPSA) is 98.3 Å². The minimum absolute atomic E-state index is 0.184. The maximum Gasteiger partial charge on any atom is 0.295 e. The van der Waals surface area contributed by atoms with Crippen molar-refractivity contribution in [3.8, 4) is 11.4 Å². The SMILES string of the molecule is Cc1c(N[C@@H](C/C=C/C(=O)c2c(O)c3ccccc3n(C)c2=O)c2ccccc2)c(=O)n(-c2ccccc2)n1C. The van der Waals surface area contributed by atoms with E-state index in [9.17, 15) is 19.5 Å². The van der Waals surface area contributed by atoms with Crippen molar-refractivity contribution < 1.29 is 9.90 Å². The van der Waals surface area contributed by atoms with Gasteiger partial charge in [-0.05, 0) is 49.2 Å². The van der Waals surface area contributed by atoms with Crippen molar-refractivity contribution in [1.82, 2.24) is 13.9 Å². The molecule has 8 nitrogen and oxygen atoms in total. The summed E-state index contributed by atoms with van der Waals surface area (Å²) in [5, 5.41) is 14.6. The van der Waals surface area contributed by atoms with Crippen LogP contribution in [0.2, 0.25) is 0 Å². The van der Waals surface area contributed by atoms with Crippen molar-refractivity contribution in [2.75, 3.05) is 5.32 Å². The number of carbonyl (C=O) groups excluding carboxylic acids is 1. The van der Waals surface area contributed by atoms with E-state index in [4.69, 9.17) is 0 Å². The Morgan fingerprint density at radius 1 is 0.900 bits per heavy atom. The highest BCUT2D eigenvalue weighted by molar-refractivity contribution is 6.09. The second-order valence-corrected chi connectivity index (χ2v) is 9.65. The number of nitrogens with one attached hydrogen (secondary N) is 1. The first-order valence-electron chi connectivity index (χ1n) is 13.0. The number of anilines is 1. The fourth-order valence-electron chi connectivity index (χ4n) is 4.97. The van der Waals surface area contributed by atoms with Gasteiger partial charge in [-0.1, -0.05) is 66.7 Å². The molecule has 0 aliphatic carbocycles. The molecular weight excluding hydrogens is 504 g/mol. The average Bonchev–Trinajstić information content (AvgIpc) is 3.19. The van der Waals surface area contributed by atoms with E-state index in [-0.39, 0.29) is 22.9 Å². The summed E-state index contributed by atoms with van der Waals surface area (Å²) in [7, 11) is 3.41. The van der Waals surface area contributed by atoms with Gasteiger partial charge in [0.15, 0.2) is 5.78 Å². The number of aromatic nitrogens is 3. The van der Waals surface area contributed by atoms with Crippen LogP contribution in [-0.2, 0) is 14.1 Å². The van der Waals surface area contributed by atoms with Gasteiger partial charge in [0.1, 0.15) is 17.0 Å². The van der Waals surface area contributed by atoms with Gasteiger partial charge in [-0.2, -0.15) is 0 Å². The quantitative estimate of drug-likeness (QED) is 0.215. The van der Waals surface area contributed by atoms with Gasteiger partial charge in [0, 0.05) is 19.5 Å². The van der Waals surface area contributed by atoms with Crippen molar-refractivity contribution in [2.24, 2.45) is 14.1 Å². The van der Waals surface area contributed by atoms with Crippen LogP contribution in [0.5, 0.6) is 5.75 Å². The molecule has 0 saturated heterocycles. The van der Waals surface area contributed by atoms with Crippen molar-refractivity contribution in [1.29, 1.82) is 0 Å². The van der Waals surface area contributed by atoms with Crippen LogP contribution in [0.3, 0.4) is 0 Å². The summed E-state index contributed by atoms with van der Waals surface area (Å²) in [6.07, 6.45) is 3.32. The number of para-hydroxylation sites is 2. The van der Waals surface area contributed by atoms with Crippen molar-refractivity contribution in [2.45, 2.75) is 19.4 Å². The van der Waals surface area contributed by atoms with Gasteiger partial charge in [-0.15, -0.1) is 0 Å². The highest BCUT2D eigenvalue weighted by atomic mass is 16.3. The average molecular weight is 535 g/mol. The molecular formula is C32H30N4O4. The van der Waals surface area contributed by atoms with Crippen molar-refractivity contribution >= 4 is 22.4 Å². The lowest BCUT2D eigenvalue weighted by Crippen LogP contribution is -2.24. The fraction of sp³-hybridized carbons (Fsp3) is 0.156. The molecule has 5 rings (SSSR count). The molecule has 2 N–H and O–H groups in total. The largest absolute Gasteiger partial charge is 0.506 e. The highest BCUT2D eigenvalue weighted by Crippen LogP contribution is 2.27. The maximum atomic E-state index is 13.5. The molecule has 0 spiro atoms. The first-order chi connectivity index (χ1) is 19.3. The lowest BCUT2D eigenvalue weighted by molar-refractivity contribution is 0.104. The molecule has 2 heterocycles. The van der Waals surface area contributed by atoms with E-state index >= 15 is 0 Å². The van der Waals surface area contributed by atoms with Crippen LogP contribution in [0.4, 0.5) is 5.69 Å². The van der Waals surface area contributed by atoms with Gasteiger partial charge in [-0.25, -0.2) is 4.68 Å². The Morgan fingerprint density at radius 2 is 1.52 bits per heavy atom. The number of hydrogen-bond acceptors (Lipinski definition) is 5. The van der Waals surface area contributed by atoms with Crippen molar-refractivity contribution in [3.05, 3.63) is 135 Å². The molecule has 8 heteroatoms. The Hall–Kier alpha value is -5.11. The minimum Gasteiger partial charge on any atom is -0.506 e. The Bertz CT molecular complexity index is 1850. The predicted octanol–water partition coefficient (Wildman–Crippen LogP) is 5.02. The number of nitrogens with zero attached hydrogens (tertiary/aromatic N) is 3. The summed E-state index contributed by atoms with van der Waals surface area (Å²) in [6.45, 7) is 1.88. The fourth-order valence-corrected chi connectivity index (χ4v) is 4.97. The van der Waals surface area contributed by atoms with Gasteiger partial charge in [-0.3, -0.25) is 19.1 Å². The van der Waals surface area contributed by atoms with E-state index in [2.05, 4.69) is 5.32 Å². The first kappa shape index (κ1) is 26.5. The Kier molecular flexibility index (Phi) is 7.25. The van der Waals surface area contributed by atoms with Gasteiger partial charge < -0.3 is 15.0 Å². The van der Waals surface area contributed by atoms with E-state index in [0.717, 1.165) is 16.9 Å². The second kappa shape index (κ2) is 10.9. The summed E-state index contributed by atoms with van der Waals surface area (Å²) in [5.41, 5.74) is 2.43. The van der Waals surface area contributed by atoms with Gasteiger partial charge >= 0.3 is 0 Å². The number of pyridine rings is 1. The molecule has 0 fully saturated rings. The number of allylic oxidation sites excluding steroid dienone is 1. The predicted molar refractivity (Wildman–Crippen MR) is 157 cm³/mol. The Balaban J connectivity index is 1.47. The third-order valence-corrected chi connectivity index (χ3v) is 7.24. The number of aromatic hydroxyl groups is 1. The summed E-state index contributed by atoms with van der Waals surface area (Å²) in [4.78, 5) is 39.6. The molecule has 0 bridgehead atoms. The van der Waals surface area contributed by atoms with Crippen LogP contribution >= 0.6 is 0 Å². The zero-order chi connectivity index (χ0) is 28.4. The standard InChI is InChI=1S/C32H30N4O4/c1-21-29(32(40)36(35(21)3)23-15-8-5-9-16-23)33-25(22-13-6-4-7-14-22)18-12-20-27(37)28-30(38)24-17-10-11-19-26(24)34(2)31(28)39/h4-17,19-20,25,33,38H,18H2,1-3H3/b20-12+/t25-/m0/s1. The monoisotopic (exact) mass is 534 g/mol. The molecule has 2 aromatic heterocycles. The van der Waals surface area contributed by atoms with E-state index in [1.807, 2.05) is 74.6 Å². The molecule has 0 aliphatic rings. The smallest absolute Gasteiger partial charge is 0.295 e. The third kappa shape index (κ3) is 4.75. The number of hydrogen-bond donors (Lipinski definition) is 2. The second-order valence-electron chi connectivity index (χ2n) is 9.65. The van der Waals surface area contributed by atoms with E-state index in [1.165, 1.54) is 10.6 Å². The van der Waals surface area contributed by atoms with E-state index in [0.29, 0.717) is 23.0 Å². The zero-order valence-corrected chi connectivity index (χ0v) is 22.5. The summed E-state index contributed by atoms with van der Waals surface area (Å²) < 4.78 is 4.78. The molecule has 40 heavy (non-hydrogen) atoms.